The average molecular weight is 428 g/mol. The van der Waals surface area contributed by atoms with Crippen molar-refractivity contribution >= 4 is 32.5 Å². The first-order valence-corrected chi connectivity index (χ1v) is 9.36. The quantitative estimate of drug-likeness (QED) is 0.530. The van der Waals surface area contributed by atoms with Crippen LogP contribution in [0.5, 0.6) is 5.75 Å². The molecule has 0 saturated carbocycles. The molecule has 1 atom stereocenters. The minimum absolute atomic E-state index is 0.0835. The Morgan fingerprint density at radius 3 is 2.70 bits per heavy atom. The van der Waals surface area contributed by atoms with Crippen molar-refractivity contribution in [3.63, 3.8) is 0 Å². The van der Waals surface area contributed by atoms with E-state index >= 15 is 0 Å². The summed E-state index contributed by atoms with van der Waals surface area (Å²) in [5.41, 5.74) is 2.06. The second-order valence-corrected chi connectivity index (χ2v) is 7.32. The molecule has 1 N–H and O–H groups in total. The highest BCUT2D eigenvalue weighted by molar-refractivity contribution is 9.10. The Balaban J connectivity index is 1.65. The molecule has 1 unspecified atom stereocenters. The fourth-order valence-electron chi connectivity index (χ4n) is 3.11. The molecule has 27 heavy (non-hydrogen) atoms. The van der Waals surface area contributed by atoms with E-state index < -0.39 is 6.10 Å². The number of para-hydroxylation sites is 1. The zero-order chi connectivity index (χ0) is 19.0. The summed E-state index contributed by atoms with van der Waals surface area (Å²) in [6, 6.07) is 16.6. The van der Waals surface area contributed by atoms with Gasteiger partial charge in [0.25, 0.3) is 5.56 Å². The smallest absolute Gasteiger partial charge is 0.261 e. The molecule has 0 bridgehead atoms. The van der Waals surface area contributed by atoms with Crippen LogP contribution in [0.1, 0.15) is 5.69 Å². The molecular weight excluding hydrogens is 410 g/mol. The van der Waals surface area contributed by atoms with E-state index in [1.807, 2.05) is 55.5 Å². The molecule has 0 aliphatic heterocycles. The van der Waals surface area contributed by atoms with Gasteiger partial charge in [-0.05, 0) is 43.3 Å². The van der Waals surface area contributed by atoms with Gasteiger partial charge in [0.15, 0.2) is 0 Å². The van der Waals surface area contributed by atoms with Crippen molar-refractivity contribution in [3.8, 4) is 5.75 Å². The second-order valence-electron chi connectivity index (χ2n) is 6.41. The van der Waals surface area contributed by atoms with E-state index in [0.29, 0.717) is 16.8 Å². The van der Waals surface area contributed by atoms with Crippen LogP contribution in [0, 0.1) is 6.92 Å². The van der Waals surface area contributed by atoms with E-state index in [4.69, 9.17) is 4.74 Å². The lowest BCUT2D eigenvalue weighted by atomic mass is 10.2. The molecule has 138 valence electrons. The summed E-state index contributed by atoms with van der Waals surface area (Å²) in [7, 11) is 0. The highest BCUT2D eigenvalue weighted by atomic mass is 79.9. The zero-order valence-corrected chi connectivity index (χ0v) is 16.3. The molecule has 0 aliphatic rings. The van der Waals surface area contributed by atoms with Gasteiger partial charge >= 0.3 is 0 Å². The second kappa shape index (κ2) is 7.17. The van der Waals surface area contributed by atoms with Crippen LogP contribution in [0.3, 0.4) is 0 Å². The third-order valence-corrected chi connectivity index (χ3v) is 4.88. The molecule has 0 spiro atoms. The lowest BCUT2D eigenvalue weighted by Crippen LogP contribution is -2.31. The molecule has 2 aromatic carbocycles. The molecule has 2 heterocycles. The van der Waals surface area contributed by atoms with E-state index in [1.165, 1.54) is 0 Å². The first kappa shape index (κ1) is 17.8. The number of aliphatic hydroxyl groups is 1. The molecular formula is C20H18BrN3O3. The Kier molecular flexibility index (Phi) is 4.72. The number of ether oxygens (including phenoxy) is 1. The molecule has 0 saturated heterocycles. The van der Waals surface area contributed by atoms with Crippen LogP contribution in [-0.2, 0) is 6.54 Å². The fourth-order valence-corrected chi connectivity index (χ4v) is 3.37. The molecule has 7 heteroatoms. The molecule has 0 amide bonds. The summed E-state index contributed by atoms with van der Waals surface area (Å²) in [4.78, 5) is 13.0. The minimum atomic E-state index is -0.841. The molecule has 6 nitrogen and oxygen atoms in total. The number of aliphatic hydroxyl groups excluding tert-OH is 1. The van der Waals surface area contributed by atoms with Gasteiger partial charge < -0.3 is 9.84 Å². The van der Waals surface area contributed by atoms with Crippen molar-refractivity contribution in [1.29, 1.82) is 0 Å². The summed E-state index contributed by atoms with van der Waals surface area (Å²) in [5, 5.41) is 15.5. The monoisotopic (exact) mass is 427 g/mol. The summed E-state index contributed by atoms with van der Waals surface area (Å²) in [6.07, 6.45) is -0.841. The van der Waals surface area contributed by atoms with Crippen molar-refractivity contribution in [3.05, 3.63) is 75.1 Å². The third kappa shape index (κ3) is 3.48. The normalized spacial score (nSPS) is 12.6. The van der Waals surface area contributed by atoms with Gasteiger partial charge in [-0.25, -0.2) is 4.52 Å². The summed E-state index contributed by atoms with van der Waals surface area (Å²) < 4.78 is 9.88. The van der Waals surface area contributed by atoms with Gasteiger partial charge in [0.05, 0.1) is 23.1 Å². The highest BCUT2D eigenvalue weighted by Gasteiger charge is 2.15. The van der Waals surface area contributed by atoms with Gasteiger partial charge in [-0.15, -0.1) is 0 Å². The van der Waals surface area contributed by atoms with E-state index in [2.05, 4.69) is 21.0 Å². The molecule has 4 rings (SSSR count). The topological polar surface area (TPSA) is 68.8 Å². The number of benzene rings is 2. The van der Waals surface area contributed by atoms with Crippen molar-refractivity contribution in [2.24, 2.45) is 0 Å². The van der Waals surface area contributed by atoms with Gasteiger partial charge in [0.1, 0.15) is 24.1 Å². The summed E-state index contributed by atoms with van der Waals surface area (Å²) in [6.45, 7) is 2.08. The van der Waals surface area contributed by atoms with Crippen LogP contribution in [0.15, 0.2) is 63.9 Å². The molecule has 0 aliphatic carbocycles. The predicted molar refractivity (Wildman–Crippen MR) is 107 cm³/mol. The number of fused-ring (bicyclic) bond motifs is 3. The molecule has 2 aromatic heterocycles. The SMILES string of the molecule is Cc1cc2n(CC(O)COc3ccc(Br)cc3)c(=O)c3ccccc3n2n1. The minimum Gasteiger partial charge on any atom is -0.491 e. The number of hydrogen-bond donors (Lipinski definition) is 1. The molecule has 0 fully saturated rings. The van der Waals surface area contributed by atoms with Crippen LogP contribution in [0.4, 0.5) is 0 Å². The first-order chi connectivity index (χ1) is 13.0. The van der Waals surface area contributed by atoms with Gasteiger partial charge in [0, 0.05) is 10.5 Å². The third-order valence-electron chi connectivity index (χ3n) is 4.35. The largest absolute Gasteiger partial charge is 0.491 e. The lowest BCUT2D eigenvalue weighted by molar-refractivity contribution is 0.0925. The Morgan fingerprint density at radius 2 is 1.93 bits per heavy atom. The van der Waals surface area contributed by atoms with E-state index in [0.717, 1.165) is 15.7 Å². The van der Waals surface area contributed by atoms with Gasteiger partial charge in [-0.3, -0.25) is 9.36 Å². The molecule has 4 aromatic rings. The van der Waals surface area contributed by atoms with E-state index in [-0.39, 0.29) is 18.7 Å². The van der Waals surface area contributed by atoms with Crippen molar-refractivity contribution in [1.82, 2.24) is 14.2 Å². The number of hydrogen-bond acceptors (Lipinski definition) is 4. The standard InChI is InChI=1S/C20H18BrN3O3/c1-13-10-19-23(11-15(25)12-27-16-8-6-14(21)7-9-16)20(26)17-4-2-3-5-18(17)24(19)22-13/h2-10,15,25H,11-12H2,1H3. The Morgan fingerprint density at radius 1 is 1.19 bits per heavy atom. The van der Waals surface area contributed by atoms with Crippen LogP contribution >= 0.6 is 15.9 Å². The number of nitrogens with zero attached hydrogens (tertiary/aromatic N) is 3. The van der Waals surface area contributed by atoms with Crippen LogP contribution < -0.4 is 10.3 Å². The van der Waals surface area contributed by atoms with Crippen LogP contribution in [0.25, 0.3) is 16.6 Å². The lowest BCUT2D eigenvalue weighted by Gasteiger charge is -2.16. The summed E-state index contributed by atoms with van der Waals surface area (Å²) >= 11 is 3.37. The van der Waals surface area contributed by atoms with Gasteiger partial charge in [0.2, 0.25) is 0 Å². The Labute approximate surface area is 163 Å². The fraction of sp³-hybridized carbons (Fsp3) is 0.200. The van der Waals surface area contributed by atoms with Crippen LogP contribution in [-0.4, -0.2) is 32.0 Å². The first-order valence-electron chi connectivity index (χ1n) is 8.57. The average Bonchev–Trinajstić information content (AvgIpc) is 3.06. The zero-order valence-electron chi connectivity index (χ0n) is 14.7. The van der Waals surface area contributed by atoms with Crippen molar-refractivity contribution in [2.45, 2.75) is 19.6 Å². The van der Waals surface area contributed by atoms with Gasteiger partial charge in [-0.2, -0.15) is 5.10 Å². The Bertz CT molecular complexity index is 1160. The van der Waals surface area contributed by atoms with Crippen molar-refractivity contribution in [2.75, 3.05) is 6.61 Å². The Hall–Kier alpha value is -2.64. The summed E-state index contributed by atoms with van der Waals surface area (Å²) in [5.74, 6) is 0.661. The highest BCUT2D eigenvalue weighted by Crippen LogP contribution is 2.17. The maximum absolute atomic E-state index is 13.0. The number of halogens is 1. The number of aromatic nitrogens is 3. The van der Waals surface area contributed by atoms with Gasteiger partial charge in [-0.1, -0.05) is 28.1 Å². The van der Waals surface area contributed by atoms with Crippen molar-refractivity contribution < 1.29 is 9.84 Å². The number of aryl methyl sites for hydroxylation is 1. The van der Waals surface area contributed by atoms with Crippen LogP contribution in [0.2, 0.25) is 0 Å². The number of rotatable bonds is 5. The molecule has 0 radical (unpaired) electrons. The van der Waals surface area contributed by atoms with E-state index in [1.54, 1.807) is 15.1 Å². The maximum atomic E-state index is 13.0. The maximum Gasteiger partial charge on any atom is 0.261 e. The predicted octanol–water partition coefficient (Wildman–Crippen LogP) is 3.16. The van der Waals surface area contributed by atoms with E-state index in [9.17, 15) is 9.90 Å².